The Labute approximate surface area is 139 Å². The lowest BCUT2D eigenvalue weighted by atomic mass is 10.1. The van der Waals surface area contributed by atoms with Gasteiger partial charge in [0.15, 0.2) is 0 Å². The third kappa shape index (κ3) is 3.25. The molecule has 0 atom stereocenters. The van der Waals surface area contributed by atoms with Crippen LogP contribution in [0.3, 0.4) is 0 Å². The molecule has 0 radical (unpaired) electrons. The van der Waals surface area contributed by atoms with Crippen molar-refractivity contribution in [3.8, 4) is 0 Å². The van der Waals surface area contributed by atoms with Crippen molar-refractivity contribution < 1.29 is 14.3 Å². The number of hydrogen-bond acceptors (Lipinski definition) is 4. The number of nitrogens with one attached hydrogen (secondary N) is 1. The van der Waals surface area contributed by atoms with E-state index in [1.165, 1.54) is 7.05 Å². The second-order valence-electron chi connectivity index (χ2n) is 5.22. The van der Waals surface area contributed by atoms with Gasteiger partial charge >= 0.3 is 5.97 Å². The quantitative estimate of drug-likeness (QED) is 0.751. The van der Waals surface area contributed by atoms with Crippen molar-refractivity contribution in [1.29, 1.82) is 0 Å². The Balaban J connectivity index is 1.91. The third-order valence-corrected chi connectivity index (χ3v) is 3.60. The number of nitrogens with zero attached hydrogens (tertiary/aromatic N) is 1. The summed E-state index contributed by atoms with van der Waals surface area (Å²) in [7, 11) is 1.53. The summed E-state index contributed by atoms with van der Waals surface area (Å²) >= 11 is 0. The van der Waals surface area contributed by atoms with Crippen molar-refractivity contribution in [2.45, 2.75) is 6.61 Å². The maximum absolute atomic E-state index is 12.3. The number of benzene rings is 2. The molecular formula is C19H16N2O3. The normalized spacial score (nSPS) is 10.4. The fraction of sp³-hybridized carbons (Fsp3) is 0.105. The number of carbonyl (C=O) groups is 2. The molecule has 3 aromatic rings. The van der Waals surface area contributed by atoms with E-state index in [1.807, 2.05) is 48.5 Å². The molecule has 120 valence electrons. The minimum Gasteiger partial charge on any atom is -0.456 e. The molecule has 24 heavy (non-hydrogen) atoms. The summed E-state index contributed by atoms with van der Waals surface area (Å²) in [6.45, 7) is 0.156. The van der Waals surface area contributed by atoms with Crippen LogP contribution >= 0.6 is 0 Å². The van der Waals surface area contributed by atoms with Crippen molar-refractivity contribution >= 4 is 22.6 Å². The molecule has 0 saturated carbocycles. The first kappa shape index (κ1) is 15.7. The average molecular weight is 320 g/mol. The Kier molecular flexibility index (Phi) is 4.52. The van der Waals surface area contributed by atoms with Crippen LogP contribution in [0, 0.1) is 0 Å². The lowest BCUT2D eigenvalue weighted by Gasteiger charge is -2.09. The van der Waals surface area contributed by atoms with Gasteiger partial charge in [0.05, 0.1) is 0 Å². The van der Waals surface area contributed by atoms with E-state index in [9.17, 15) is 9.59 Å². The number of ether oxygens (including phenoxy) is 1. The SMILES string of the molecule is CNC(=O)c1nc(C(=O)OCc2ccccc2)cc2ccccc12. The summed E-state index contributed by atoms with van der Waals surface area (Å²) in [6, 6.07) is 18.3. The molecule has 0 aliphatic carbocycles. The number of hydrogen-bond donors (Lipinski definition) is 1. The Bertz CT molecular complexity index is 892. The number of pyridine rings is 1. The second-order valence-corrected chi connectivity index (χ2v) is 5.22. The number of fused-ring (bicyclic) bond motifs is 1. The van der Waals surface area contributed by atoms with Crippen LogP contribution in [0.2, 0.25) is 0 Å². The first-order valence-corrected chi connectivity index (χ1v) is 7.52. The number of esters is 1. The molecule has 0 unspecified atom stereocenters. The predicted molar refractivity (Wildman–Crippen MR) is 90.7 cm³/mol. The van der Waals surface area contributed by atoms with E-state index in [0.717, 1.165) is 10.9 Å². The number of aromatic nitrogens is 1. The second kappa shape index (κ2) is 6.91. The average Bonchev–Trinajstić information content (AvgIpc) is 2.65. The van der Waals surface area contributed by atoms with Gasteiger partial charge in [0.1, 0.15) is 18.0 Å². The van der Waals surface area contributed by atoms with E-state index in [0.29, 0.717) is 5.39 Å². The van der Waals surface area contributed by atoms with E-state index in [1.54, 1.807) is 12.1 Å². The zero-order valence-electron chi connectivity index (χ0n) is 13.2. The van der Waals surface area contributed by atoms with Gasteiger partial charge in [-0.25, -0.2) is 9.78 Å². The molecule has 0 saturated heterocycles. The van der Waals surface area contributed by atoms with Gasteiger partial charge in [-0.2, -0.15) is 0 Å². The van der Waals surface area contributed by atoms with Crippen LogP contribution in [0.4, 0.5) is 0 Å². The first-order valence-electron chi connectivity index (χ1n) is 7.52. The van der Waals surface area contributed by atoms with Crippen LogP contribution in [0.25, 0.3) is 10.8 Å². The summed E-state index contributed by atoms with van der Waals surface area (Å²) in [5.74, 6) is -0.904. The Morgan fingerprint density at radius 1 is 1.04 bits per heavy atom. The number of rotatable bonds is 4. The molecule has 0 aliphatic heterocycles. The lowest BCUT2D eigenvalue weighted by Crippen LogP contribution is -2.21. The highest BCUT2D eigenvalue weighted by Crippen LogP contribution is 2.19. The Morgan fingerprint density at radius 3 is 2.50 bits per heavy atom. The zero-order chi connectivity index (χ0) is 16.9. The van der Waals surface area contributed by atoms with Gasteiger partial charge in [-0.15, -0.1) is 0 Å². The molecule has 5 nitrogen and oxygen atoms in total. The van der Waals surface area contributed by atoms with Crippen LogP contribution in [-0.4, -0.2) is 23.9 Å². The van der Waals surface area contributed by atoms with Crippen molar-refractivity contribution in [3.63, 3.8) is 0 Å². The summed E-state index contributed by atoms with van der Waals surface area (Å²) in [5, 5.41) is 4.00. The van der Waals surface area contributed by atoms with E-state index in [-0.39, 0.29) is 23.9 Å². The van der Waals surface area contributed by atoms with E-state index >= 15 is 0 Å². The van der Waals surface area contributed by atoms with Gasteiger partial charge in [-0.05, 0) is 17.0 Å². The van der Waals surface area contributed by atoms with Gasteiger partial charge < -0.3 is 10.1 Å². The molecule has 0 fully saturated rings. The molecule has 0 spiro atoms. The maximum atomic E-state index is 12.3. The van der Waals surface area contributed by atoms with Gasteiger partial charge in [-0.1, -0.05) is 54.6 Å². The van der Waals surface area contributed by atoms with Crippen molar-refractivity contribution in [2.75, 3.05) is 7.05 Å². The minimum absolute atomic E-state index is 0.114. The molecule has 3 rings (SSSR count). The zero-order valence-corrected chi connectivity index (χ0v) is 13.2. The van der Waals surface area contributed by atoms with Crippen molar-refractivity contribution in [3.05, 3.63) is 77.6 Å². The van der Waals surface area contributed by atoms with Gasteiger partial charge in [0, 0.05) is 12.4 Å². The van der Waals surface area contributed by atoms with Crippen LogP contribution in [-0.2, 0) is 11.3 Å². The molecule has 1 amide bonds. The van der Waals surface area contributed by atoms with E-state index < -0.39 is 5.97 Å². The molecule has 0 aliphatic rings. The first-order chi connectivity index (χ1) is 11.7. The number of carbonyl (C=O) groups excluding carboxylic acids is 2. The highest BCUT2D eigenvalue weighted by Gasteiger charge is 2.17. The molecular weight excluding hydrogens is 304 g/mol. The summed E-state index contributed by atoms with van der Waals surface area (Å²) in [4.78, 5) is 28.6. The molecule has 1 N–H and O–H groups in total. The van der Waals surface area contributed by atoms with Crippen LogP contribution in [0.15, 0.2) is 60.7 Å². The predicted octanol–water partition coefficient (Wildman–Crippen LogP) is 2.95. The van der Waals surface area contributed by atoms with Gasteiger partial charge in [0.25, 0.3) is 5.91 Å². The standard InChI is InChI=1S/C19H16N2O3/c1-20-18(22)17-15-10-6-5-9-14(15)11-16(21-17)19(23)24-12-13-7-3-2-4-8-13/h2-11H,12H2,1H3,(H,20,22). The van der Waals surface area contributed by atoms with Crippen LogP contribution < -0.4 is 5.32 Å². The highest BCUT2D eigenvalue weighted by molar-refractivity contribution is 6.07. The largest absolute Gasteiger partial charge is 0.456 e. The van der Waals surface area contributed by atoms with Gasteiger partial charge in [0.2, 0.25) is 0 Å². The van der Waals surface area contributed by atoms with Gasteiger partial charge in [-0.3, -0.25) is 4.79 Å². The Hall–Kier alpha value is -3.21. The third-order valence-electron chi connectivity index (χ3n) is 3.60. The Morgan fingerprint density at radius 2 is 1.75 bits per heavy atom. The molecule has 1 aromatic heterocycles. The van der Waals surface area contributed by atoms with Crippen LogP contribution in [0.1, 0.15) is 26.5 Å². The minimum atomic E-state index is -0.560. The fourth-order valence-electron chi connectivity index (χ4n) is 2.39. The fourth-order valence-corrected chi connectivity index (χ4v) is 2.39. The van der Waals surface area contributed by atoms with Crippen molar-refractivity contribution in [1.82, 2.24) is 10.3 Å². The molecule has 0 bridgehead atoms. The van der Waals surface area contributed by atoms with E-state index in [4.69, 9.17) is 4.74 Å². The molecule has 2 aromatic carbocycles. The van der Waals surface area contributed by atoms with Crippen molar-refractivity contribution in [2.24, 2.45) is 0 Å². The number of amides is 1. The summed E-state index contributed by atoms with van der Waals surface area (Å²) in [6.07, 6.45) is 0. The lowest BCUT2D eigenvalue weighted by molar-refractivity contribution is 0.0466. The monoisotopic (exact) mass is 320 g/mol. The summed E-state index contributed by atoms with van der Waals surface area (Å²) in [5.41, 5.74) is 1.21. The topological polar surface area (TPSA) is 68.3 Å². The maximum Gasteiger partial charge on any atom is 0.357 e. The smallest absolute Gasteiger partial charge is 0.357 e. The van der Waals surface area contributed by atoms with E-state index in [2.05, 4.69) is 10.3 Å². The molecule has 5 heteroatoms. The highest BCUT2D eigenvalue weighted by atomic mass is 16.5. The van der Waals surface area contributed by atoms with Crippen LogP contribution in [0.5, 0.6) is 0 Å². The summed E-state index contributed by atoms with van der Waals surface area (Å²) < 4.78 is 5.30. The molecule has 1 heterocycles.